The zero-order chi connectivity index (χ0) is 16.4. The molecule has 1 atom stereocenters. The molecule has 1 amide bonds. The van der Waals surface area contributed by atoms with E-state index in [1.165, 1.54) is 48.5 Å². The second-order valence-electron chi connectivity index (χ2n) is 5.61. The predicted molar refractivity (Wildman–Crippen MR) is 81.1 cm³/mol. The van der Waals surface area contributed by atoms with Gasteiger partial charge in [0, 0.05) is 30.1 Å². The van der Waals surface area contributed by atoms with Gasteiger partial charge in [0.1, 0.15) is 11.6 Å². The van der Waals surface area contributed by atoms with Crippen molar-refractivity contribution in [1.29, 1.82) is 0 Å². The average Bonchev–Trinajstić information content (AvgIpc) is 3.05. The summed E-state index contributed by atoms with van der Waals surface area (Å²) in [5, 5.41) is 0. The lowest BCUT2D eigenvalue weighted by Crippen LogP contribution is -2.30. The minimum Gasteiger partial charge on any atom is -0.338 e. The highest BCUT2D eigenvalue weighted by atomic mass is 19.1. The highest BCUT2D eigenvalue weighted by Crippen LogP contribution is 2.23. The second kappa shape index (κ2) is 6.28. The van der Waals surface area contributed by atoms with Gasteiger partial charge in [-0.1, -0.05) is 0 Å². The third-order valence-corrected chi connectivity index (χ3v) is 4.07. The summed E-state index contributed by atoms with van der Waals surface area (Å²) in [5.74, 6) is -1.36. The molecule has 0 radical (unpaired) electrons. The molecule has 1 aliphatic rings. The maximum atomic E-state index is 12.9. The van der Waals surface area contributed by atoms with Crippen LogP contribution >= 0.6 is 0 Å². The van der Waals surface area contributed by atoms with Crippen molar-refractivity contribution < 1.29 is 18.4 Å². The van der Waals surface area contributed by atoms with E-state index in [2.05, 4.69) is 0 Å². The van der Waals surface area contributed by atoms with Crippen LogP contribution in [-0.2, 0) is 0 Å². The molecule has 5 heteroatoms. The van der Waals surface area contributed by atoms with E-state index in [1.54, 1.807) is 4.90 Å². The van der Waals surface area contributed by atoms with Crippen LogP contribution in [-0.4, -0.2) is 29.7 Å². The van der Waals surface area contributed by atoms with Gasteiger partial charge < -0.3 is 4.90 Å². The van der Waals surface area contributed by atoms with Crippen molar-refractivity contribution in [3.05, 3.63) is 71.3 Å². The first kappa shape index (κ1) is 15.3. The van der Waals surface area contributed by atoms with Gasteiger partial charge in [-0.05, 0) is 55.0 Å². The first-order valence-corrected chi connectivity index (χ1v) is 7.39. The molecule has 1 heterocycles. The van der Waals surface area contributed by atoms with Crippen molar-refractivity contribution in [2.45, 2.75) is 6.42 Å². The Hall–Kier alpha value is -2.56. The molecule has 3 nitrogen and oxygen atoms in total. The molecular weight excluding hydrogens is 300 g/mol. The average molecular weight is 315 g/mol. The fourth-order valence-electron chi connectivity index (χ4n) is 2.78. The Kier molecular flexibility index (Phi) is 4.19. The lowest BCUT2D eigenvalue weighted by Gasteiger charge is -2.16. The number of hydrogen-bond acceptors (Lipinski definition) is 2. The molecule has 0 spiro atoms. The van der Waals surface area contributed by atoms with Crippen molar-refractivity contribution in [3.8, 4) is 0 Å². The van der Waals surface area contributed by atoms with E-state index in [0.717, 1.165) is 0 Å². The number of benzene rings is 2. The van der Waals surface area contributed by atoms with Gasteiger partial charge in [-0.2, -0.15) is 0 Å². The predicted octanol–water partition coefficient (Wildman–Crippen LogP) is 3.31. The van der Waals surface area contributed by atoms with E-state index >= 15 is 0 Å². The number of amides is 1. The summed E-state index contributed by atoms with van der Waals surface area (Å²) >= 11 is 0. The number of carbonyl (C=O) groups is 2. The summed E-state index contributed by atoms with van der Waals surface area (Å²) < 4.78 is 25.8. The van der Waals surface area contributed by atoms with Crippen molar-refractivity contribution in [2.24, 2.45) is 5.92 Å². The van der Waals surface area contributed by atoms with E-state index in [1.807, 2.05) is 0 Å². The van der Waals surface area contributed by atoms with E-state index in [4.69, 9.17) is 0 Å². The fraction of sp³-hybridized carbons (Fsp3) is 0.222. The van der Waals surface area contributed by atoms with Gasteiger partial charge in [0.25, 0.3) is 5.91 Å². The van der Waals surface area contributed by atoms with Gasteiger partial charge in [-0.3, -0.25) is 9.59 Å². The monoisotopic (exact) mass is 315 g/mol. The largest absolute Gasteiger partial charge is 0.338 e. The molecule has 0 aromatic heterocycles. The molecule has 1 saturated heterocycles. The van der Waals surface area contributed by atoms with Crippen molar-refractivity contribution in [2.75, 3.05) is 13.1 Å². The Morgan fingerprint density at radius 1 is 0.870 bits per heavy atom. The molecule has 3 rings (SSSR count). The minimum atomic E-state index is -0.396. The number of carbonyl (C=O) groups excluding carboxylic acids is 2. The molecule has 0 bridgehead atoms. The molecule has 23 heavy (non-hydrogen) atoms. The third kappa shape index (κ3) is 3.28. The van der Waals surface area contributed by atoms with E-state index in [0.29, 0.717) is 30.6 Å². The number of nitrogens with zero attached hydrogens (tertiary/aromatic N) is 1. The first-order valence-electron chi connectivity index (χ1n) is 7.39. The summed E-state index contributed by atoms with van der Waals surface area (Å²) in [5.41, 5.74) is 0.855. The molecule has 0 N–H and O–H groups in total. The van der Waals surface area contributed by atoms with E-state index in [-0.39, 0.29) is 23.4 Å². The summed E-state index contributed by atoms with van der Waals surface area (Å²) in [4.78, 5) is 26.3. The molecule has 0 saturated carbocycles. The van der Waals surface area contributed by atoms with Crippen molar-refractivity contribution >= 4 is 11.7 Å². The van der Waals surface area contributed by atoms with Crippen LogP contribution < -0.4 is 0 Å². The number of halogens is 2. The Morgan fingerprint density at radius 3 is 1.96 bits per heavy atom. The number of Topliss-reactive ketones (excluding diaryl/α,β-unsaturated/α-hetero) is 1. The first-order chi connectivity index (χ1) is 11.0. The zero-order valence-corrected chi connectivity index (χ0v) is 12.3. The van der Waals surface area contributed by atoms with Crippen LogP contribution in [0.4, 0.5) is 8.78 Å². The number of ketones is 1. The molecule has 2 aromatic rings. The Bertz CT molecular complexity index is 662. The highest BCUT2D eigenvalue weighted by molar-refractivity contribution is 5.99. The number of likely N-dealkylation sites (tertiary alicyclic amines) is 1. The molecular formula is C18H15F2NO2. The Balaban J connectivity index is 1.68. The Morgan fingerprint density at radius 2 is 1.39 bits per heavy atom. The summed E-state index contributed by atoms with van der Waals surface area (Å²) in [6, 6.07) is 10.8. The standard InChI is InChI=1S/C18H15F2NO2/c19-15-5-1-12(2-6-15)17(22)14-9-10-21(11-14)18(23)13-3-7-16(20)8-4-13/h1-8,14H,9-11H2/t14-/m1/s1. The van der Waals surface area contributed by atoms with Crippen LogP contribution in [0.15, 0.2) is 48.5 Å². The van der Waals surface area contributed by atoms with Crippen molar-refractivity contribution in [1.82, 2.24) is 4.90 Å². The maximum absolute atomic E-state index is 12.9. The van der Waals surface area contributed by atoms with Crippen LogP contribution in [0.25, 0.3) is 0 Å². The quantitative estimate of drug-likeness (QED) is 0.815. The lowest BCUT2D eigenvalue weighted by atomic mass is 9.97. The van der Waals surface area contributed by atoms with Crippen molar-refractivity contribution in [3.63, 3.8) is 0 Å². The number of hydrogen-bond donors (Lipinski definition) is 0. The smallest absolute Gasteiger partial charge is 0.253 e. The summed E-state index contributed by atoms with van der Waals surface area (Å²) in [6.45, 7) is 0.806. The van der Waals surface area contributed by atoms with Gasteiger partial charge in [0.15, 0.2) is 5.78 Å². The fourth-order valence-corrected chi connectivity index (χ4v) is 2.78. The summed E-state index contributed by atoms with van der Waals surface area (Å²) in [7, 11) is 0. The van der Waals surface area contributed by atoms with Crippen LogP contribution in [0.2, 0.25) is 0 Å². The van der Waals surface area contributed by atoms with Gasteiger partial charge >= 0.3 is 0 Å². The molecule has 1 fully saturated rings. The van der Waals surface area contributed by atoms with Crippen LogP contribution in [0.5, 0.6) is 0 Å². The summed E-state index contributed by atoms with van der Waals surface area (Å²) in [6.07, 6.45) is 0.573. The molecule has 0 aliphatic carbocycles. The SMILES string of the molecule is O=C(c1ccc(F)cc1)[C@@H]1CCN(C(=O)c2ccc(F)cc2)C1. The molecule has 1 aliphatic heterocycles. The highest BCUT2D eigenvalue weighted by Gasteiger charge is 2.31. The Labute approximate surface area is 132 Å². The molecule has 0 unspecified atom stereocenters. The normalized spacial score (nSPS) is 17.3. The van der Waals surface area contributed by atoms with Gasteiger partial charge in [-0.25, -0.2) is 8.78 Å². The third-order valence-electron chi connectivity index (χ3n) is 4.07. The van der Waals surface area contributed by atoms with Gasteiger partial charge in [0.05, 0.1) is 0 Å². The second-order valence-corrected chi connectivity index (χ2v) is 5.61. The topological polar surface area (TPSA) is 37.4 Å². The molecule has 118 valence electrons. The van der Waals surface area contributed by atoms with Crippen LogP contribution in [0, 0.1) is 17.6 Å². The number of rotatable bonds is 3. The zero-order valence-electron chi connectivity index (χ0n) is 12.3. The minimum absolute atomic E-state index is 0.0839. The van der Waals surface area contributed by atoms with Crippen LogP contribution in [0.3, 0.4) is 0 Å². The molecule has 2 aromatic carbocycles. The van der Waals surface area contributed by atoms with Gasteiger partial charge in [-0.15, -0.1) is 0 Å². The van der Waals surface area contributed by atoms with Gasteiger partial charge in [0.2, 0.25) is 0 Å². The van der Waals surface area contributed by atoms with E-state index in [9.17, 15) is 18.4 Å². The lowest BCUT2D eigenvalue weighted by molar-refractivity contribution is 0.0780. The van der Waals surface area contributed by atoms with Crippen LogP contribution in [0.1, 0.15) is 27.1 Å². The maximum Gasteiger partial charge on any atom is 0.253 e. The van der Waals surface area contributed by atoms with E-state index < -0.39 is 5.82 Å².